The molecule has 0 aromatic heterocycles. The Hall–Kier alpha value is -1.39. The molecule has 15 heavy (non-hydrogen) atoms. The lowest BCUT2D eigenvalue weighted by Gasteiger charge is -2.05. The number of hydrogen-bond donors (Lipinski definition) is 0. The van der Waals surface area contributed by atoms with Crippen LogP contribution < -0.4 is 0 Å². The van der Waals surface area contributed by atoms with E-state index in [9.17, 15) is 22.4 Å². The highest BCUT2D eigenvalue weighted by Gasteiger charge is 2.30. The predicted octanol–water partition coefficient (Wildman–Crippen LogP) is 2.89. The molecule has 0 atom stereocenters. The largest absolute Gasteiger partial charge is 0.395 e. The highest BCUT2D eigenvalue weighted by atomic mass is 19.4. The van der Waals surface area contributed by atoms with Gasteiger partial charge in [0.2, 0.25) is 0 Å². The topological polar surface area (TPSA) is 17.1 Å². The molecule has 0 N–H and O–H groups in total. The molecule has 0 amide bonds. The Morgan fingerprint density at radius 3 is 2.13 bits per heavy atom. The monoisotopic (exact) mass is 220 g/mol. The van der Waals surface area contributed by atoms with E-state index in [1.54, 1.807) is 0 Å². The van der Waals surface area contributed by atoms with Crippen LogP contribution in [-0.4, -0.2) is 12.0 Å². The van der Waals surface area contributed by atoms with Crippen molar-refractivity contribution in [3.63, 3.8) is 0 Å². The van der Waals surface area contributed by atoms with Crippen LogP contribution in [0.15, 0.2) is 24.3 Å². The van der Waals surface area contributed by atoms with Gasteiger partial charge in [-0.25, -0.2) is 4.39 Å². The third-order valence-electron chi connectivity index (χ3n) is 1.71. The van der Waals surface area contributed by atoms with Crippen molar-refractivity contribution in [1.29, 1.82) is 0 Å². The highest BCUT2D eigenvalue weighted by Crippen LogP contribution is 2.20. The molecule has 0 spiro atoms. The summed E-state index contributed by atoms with van der Waals surface area (Å²) in [6.07, 6.45) is -6.23. The van der Waals surface area contributed by atoms with Crippen LogP contribution in [0.3, 0.4) is 0 Å². The predicted molar refractivity (Wildman–Crippen MR) is 45.8 cm³/mol. The van der Waals surface area contributed by atoms with Gasteiger partial charge in [-0.05, 0) is 17.7 Å². The summed E-state index contributed by atoms with van der Waals surface area (Å²) in [5.74, 6) is -1.41. The minimum Gasteiger partial charge on any atom is -0.299 e. The molecule has 0 aliphatic rings. The Labute approximate surface area is 83.7 Å². The first-order chi connectivity index (χ1) is 6.87. The number of halogens is 4. The Kier molecular flexibility index (Phi) is 3.44. The van der Waals surface area contributed by atoms with Gasteiger partial charge in [-0.3, -0.25) is 4.79 Å². The van der Waals surface area contributed by atoms with E-state index in [0.29, 0.717) is 5.56 Å². The number of carbonyl (C=O) groups excluding carboxylic acids is 1. The Balaban J connectivity index is 2.55. The van der Waals surface area contributed by atoms with Gasteiger partial charge in [-0.15, -0.1) is 0 Å². The fourth-order valence-electron chi connectivity index (χ4n) is 1.12. The molecule has 1 aromatic rings. The second-order valence-electron chi connectivity index (χ2n) is 3.13. The Morgan fingerprint density at radius 2 is 1.67 bits per heavy atom. The lowest BCUT2D eigenvalue weighted by molar-refractivity contribution is -0.151. The number of rotatable bonds is 3. The van der Waals surface area contributed by atoms with Crippen LogP contribution in [0, 0.1) is 5.82 Å². The summed E-state index contributed by atoms with van der Waals surface area (Å²) in [4.78, 5) is 10.9. The maximum absolute atomic E-state index is 12.4. The molecule has 0 aliphatic heterocycles. The van der Waals surface area contributed by atoms with E-state index in [2.05, 4.69) is 0 Å². The molecule has 0 heterocycles. The Morgan fingerprint density at radius 1 is 1.13 bits per heavy atom. The van der Waals surface area contributed by atoms with Gasteiger partial charge in [0.05, 0.1) is 0 Å². The van der Waals surface area contributed by atoms with Crippen molar-refractivity contribution in [2.24, 2.45) is 0 Å². The van der Waals surface area contributed by atoms with Crippen LogP contribution >= 0.6 is 0 Å². The zero-order valence-electron chi connectivity index (χ0n) is 7.64. The standard InChI is InChI=1S/C10H8F4O/c11-8-3-1-7(2-4-8)5-9(15)6-10(12,13)14/h1-4H,5-6H2. The van der Waals surface area contributed by atoms with Gasteiger partial charge < -0.3 is 0 Å². The normalized spacial score (nSPS) is 11.5. The maximum Gasteiger partial charge on any atom is 0.395 e. The molecule has 0 radical (unpaired) electrons. The van der Waals surface area contributed by atoms with Crippen LogP contribution in [0.2, 0.25) is 0 Å². The second-order valence-corrected chi connectivity index (χ2v) is 3.13. The molecule has 1 rings (SSSR count). The highest BCUT2D eigenvalue weighted by molar-refractivity contribution is 5.81. The smallest absolute Gasteiger partial charge is 0.299 e. The van der Waals surface area contributed by atoms with Crippen molar-refractivity contribution in [3.8, 4) is 0 Å². The molecule has 82 valence electrons. The van der Waals surface area contributed by atoms with Crippen LogP contribution in [0.25, 0.3) is 0 Å². The van der Waals surface area contributed by atoms with E-state index in [0.717, 1.165) is 12.1 Å². The molecule has 1 aromatic carbocycles. The summed E-state index contributed by atoms with van der Waals surface area (Å²) in [6.45, 7) is 0. The number of ketones is 1. The first-order valence-electron chi connectivity index (χ1n) is 4.20. The van der Waals surface area contributed by atoms with Crippen molar-refractivity contribution in [2.45, 2.75) is 19.0 Å². The van der Waals surface area contributed by atoms with Crippen molar-refractivity contribution in [1.82, 2.24) is 0 Å². The van der Waals surface area contributed by atoms with Crippen molar-refractivity contribution in [2.75, 3.05) is 0 Å². The average Bonchev–Trinajstić information content (AvgIpc) is 2.05. The van der Waals surface area contributed by atoms with E-state index < -0.39 is 24.2 Å². The van der Waals surface area contributed by atoms with E-state index in [1.165, 1.54) is 12.1 Å². The van der Waals surface area contributed by atoms with Gasteiger partial charge in [0.1, 0.15) is 18.0 Å². The van der Waals surface area contributed by atoms with E-state index in [-0.39, 0.29) is 6.42 Å². The van der Waals surface area contributed by atoms with Gasteiger partial charge in [0, 0.05) is 6.42 Å². The second kappa shape index (κ2) is 4.42. The SMILES string of the molecule is O=C(Cc1ccc(F)cc1)CC(F)(F)F. The van der Waals surface area contributed by atoms with Crippen LogP contribution in [0.5, 0.6) is 0 Å². The zero-order chi connectivity index (χ0) is 11.5. The Bertz CT molecular complexity index is 339. The lowest BCUT2D eigenvalue weighted by atomic mass is 10.1. The maximum atomic E-state index is 12.4. The molecule has 0 saturated carbocycles. The van der Waals surface area contributed by atoms with Crippen LogP contribution in [-0.2, 0) is 11.2 Å². The lowest BCUT2D eigenvalue weighted by Crippen LogP contribution is -2.16. The van der Waals surface area contributed by atoms with Gasteiger partial charge in [-0.2, -0.15) is 13.2 Å². The number of Topliss-reactive ketones (excluding diaryl/α,β-unsaturated/α-hetero) is 1. The first kappa shape index (κ1) is 11.7. The van der Waals surface area contributed by atoms with Crippen LogP contribution in [0.1, 0.15) is 12.0 Å². The summed E-state index contributed by atoms with van der Waals surface area (Å²) >= 11 is 0. The van der Waals surface area contributed by atoms with Crippen molar-refractivity contribution in [3.05, 3.63) is 35.6 Å². The molecule has 0 fully saturated rings. The number of benzene rings is 1. The molecule has 5 heteroatoms. The molecule has 0 saturated heterocycles. The summed E-state index contributed by atoms with van der Waals surface area (Å²) in [5, 5.41) is 0. The molecular formula is C10H8F4O. The number of alkyl halides is 3. The van der Waals surface area contributed by atoms with Crippen molar-refractivity contribution < 1.29 is 22.4 Å². The van der Waals surface area contributed by atoms with Crippen molar-refractivity contribution >= 4 is 5.78 Å². The van der Waals surface area contributed by atoms with Gasteiger partial charge >= 0.3 is 6.18 Å². The van der Waals surface area contributed by atoms with Crippen LogP contribution in [0.4, 0.5) is 17.6 Å². The third kappa shape index (κ3) is 4.58. The molecule has 1 nitrogen and oxygen atoms in total. The molecule has 0 aliphatic carbocycles. The summed E-state index contributed by atoms with van der Waals surface area (Å²) in [5.41, 5.74) is 0.380. The number of carbonyl (C=O) groups is 1. The zero-order valence-corrected chi connectivity index (χ0v) is 7.64. The minimum atomic E-state index is -4.48. The first-order valence-corrected chi connectivity index (χ1v) is 4.20. The fraction of sp³-hybridized carbons (Fsp3) is 0.300. The third-order valence-corrected chi connectivity index (χ3v) is 1.71. The minimum absolute atomic E-state index is 0.320. The van der Waals surface area contributed by atoms with Gasteiger partial charge in [0.15, 0.2) is 0 Å². The molecular weight excluding hydrogens is 212 g/mol. The summed E-state index contributed by atoms with van der Waals surface area (Å²) in [6, 6.07) is 4.81. The van der Waals surface area contributed by atoms with Gasteiger partial charge in [0.25, 0.3) is 0 Å². The molecule has 0 unspecified atom stereocenters. The van der Waals surface area contributed by atoms with Gasteiger partial charge in [-0.1, -0.05) is 12.1 Å². The quantitative estimate of drug-likeness (QED) is 0.716. The summed E-state index contributed by atoms with van der Waals surface area (Å²) < 4.78 is 47.8. The summed E-state index contributed by atoms with van der Waals surface area (Å²) in [7, 11) is 0. The van der Waals surface area contributed by atoms with E-state index in [1.807, 2.05) is 0 Å². The van der Waals surface area contributed by atoms with E-state index >= 15 is 0 Å². The van der Waals surface area contributed by atoms with E-state index in [4.69, 9.17) is 0 Å². The molecule has 0 bridgehead atoms. The fourth-order valence-corrected chi connectivity index (χ4v) is 1.12. The average molecular weight is 220 g/mol. The number of hydrogen-bond acceptors (Lipinski definition) is 1.